The molecule has 2 heterocycles. The van der Waals surface area contributed by atoms with Crippen molar-refractivity contribution in [1.29, 1.82) is 0 Å². The van der Waals surface area contributed by atoms with Crippen LogP contribution in [-0.4, -0.2) is 23.3 Å². The van der Waals surface area contributed by atoms with Gasteiger partial charge in [0.2, 0.25) is 5.82 Å². The van der Waals surface area contributed by atoms with Crippen molar-refractivity contribution in [2.45, 2.75) is 32.2 Å². The third-order valence-electron chi connectivity index (χ3n) is 7.01. The Morgan fingerprint density at radius 3 is 2.68 bits per heavy atom. The number of anilines is 1. The van der Waals surface area contributed by atoms with E-state index in [1.54, 1.807) is 24.1 Å². The Hall–Kier alpha value is -4.46. The van der Waals surface area contributed by atoms with Gasteiger partial charge in [-0.25, -0.2) is 9.18 Å². The van der Waals surface area contributed by atoms with E-state index in [1.807, 2.05) is 37.3 Å². The summed E-state index contributed by atoms with van der Waals surface area (Å²) in [5.41, 5.74) is 6.12. The van der Waals surface area contributed by atoms with Gasteiger partial charge in [-0.2, -0.15) is 4.98 Å². The first-order valence-electron chi connectivity index (χ1n) is 12.2. The fraction of sp³-hybridized carbons (Fsp3) is 0.207. The molecular formula is C29H25FN4O3. The molecular weight excluding hydrogens is 471 g/mol. The molecule has 0 bridgehead atoms. The molecule has 37 heavy (non-hydrogen) atoms. The van der Waals surface area contributed by atoms with Crippen molar-refractivity contribution in [3.63, 3.8) is 0 Å². The van der Waals surface area contributed by atoms with Crippen LogP contribution in [0.3, 0.4) is 0 Å². The molecule has 7 nitrogen and oxygen atoms in total. The zero-order chi connectivity index (χ0) is 25.5. The number of nitrogens with one attached hydrogen (secondary N) is 1. The highest BCUT2D eigenvalue weighted by Gasteiger charge is 2.37. The monoisotopic (exact) mass is 496 g/mol. The number of carbonyl (C=O) groups is 1. The lowest BCUT2D eigenvalue weighted by Crippen LogP contribution is -2.46. The highest BCUT2D eigenvalue weighted by Crippen LogP contribution is 2.40. The lowest BCUT2D eigenvalue weighted by molar-refractivity contribution is 0.244. The molecule has 2 aliphatic rings. The van der Waals surface area contributed by atoms with E-state index in [0.717, 1.165) is 30.5 Å². The summed E-state index contributed by atoms with van der Waals surface area (Å²) in [5.74, 6) is 0.992. The summed E-state index contributed by atoms with van der Waals surface area (Å²) in [6, 6.07) is 18.7. The number of benzene rings is 3. The van der Waals surface area contributed by atoms with E-state index in [0.29, 0.717) is 28.4 Å². The van der Waals surface area contributed by atoms with E-state index in [-0.39, 0.29) is 17.7 Å². The molecule has 1 aliphatic carbocycles. The third-order valence-corrected chi connectivity index (χ3v) is 7.01. The number of halogens is 1. The number of aryl methyl sites for hydroxylation is 2. The summed E-state index contributed by atoms with van der Waals surface area (Å²) < 4.78 is 24.8. The fourth-order valence-corrected chi connectivity index (χ4v) is 5.15. The highest BCUT2D eigenvalue weighted by atomic mass is 19.1. The lowest BCUT2D eigenvalue weighted by Gasteiger charge is -2.35. The predicted octanol–water partition coefficient (Wildman–Crippen LogP) is 6.08. The van der Waals surface area contributed by atoms with Gasteiger partial charge in [-0.15, -0.1) is 0 Å². The topological polar surface area (TPSA) is 80.5 Å². The molecule has 1 unspecified atom stereocenters. The Kier molecular flexibility index (Phi) is 5.71. The molecule has 8 heteroatoms. The maximum Gasteiger partial charge on any atom is 0.326 e. The van der Waals surface area contributed by atoms with E-state index in [2.05, 4.69) is 22.6 Å². The number of aromatic nitrogens is 2. The van der Waals surface area contributed by atoms with Crippen LogP contribution in [0.4, 0.5) is 14.9 Å². The average Bonchev–Trinajstić information content (AvgIpc) is 3.59. The molecule has 0 radical (unpaired) electrons. The summed E-state index contributed by atoms with van der Waals surface area (Å²) in [6.07, 6.45) is 3.18. The van der Waals surface area contributed by atoms with Gasteiger partial charge in [0, 0.05) is 11.3 Å². The molecule has 1 N–H and O–H groups in total. The molecule has 1 aliphatic heterocycles. The van der Waals surface area contributed by atoms with E-state index in [1.165, 1.54) is 23.3 Å². The van der Waals surface area contributed by atoms with Crippen molar-refractivity contribution in [3.05, 3.63) is 101 Å². The summed E-state index contributed by atoms with van der Waals surface area (Å²) in [4.78, 5) is 19.8. The Balaban J connectivity index is 1.48. The third kappa shape index (κ3) is 4.14. The average molecular weight is 497 g/mol. The first kappa shape index (κ1) is 23.0. The van der Waals surface area contributed by atoms with Gasteiger partial charge in [-0.3, -0.25) is 4.90 Å². The zero-order valence-electron chi connectivity index (χ0n) is 20.5. The van der Waals surface area contributed by atoms with Crippen molar-refractivity contribution in [2.24, 2.45) is 0 Å². The molecule has 1 atom stereocenters. The molecule has 0 spiro atoms. The predicted molar refractivity (Wildman–Crippen MR) is 137 cm³/mol. The SMILES string of the molecule is COc1cccc(-c2noc(C3=C(C)N(c4ccc5c(c4)CCC5)C(=O)NC3c3ccc(F)cc3)n2)c1. The number of rotatable bonds is 5. The number of methoxy groups -OCH3 is 1. The fourth-order valence-electron chi connectivity index (χ4n) is 5.15. The Bertz CT molecular complexity index is 1530. The quantitative estimate of drug-likeness (QED) is 0.362. The van der Waals surface area contributed by atoms with Gasteiger partial charge in [-0.1, -0.05) is 35.5 Å². The van der Waals surface area contributed by atoms with Crippen molar-refractivity contribution in [2.75, 3.05) is 12.0 Å². The molecule has 6 rings (SSSR count). The number of nitrogens with zero attached hydrogens (tertiary/aromatic N) is 3. The summed E-state index contributed by atoms with van der Waals surface area (Å²) in [7, 11) is 1.60. The van der Waals surface area contributed by atoms with Crippen LogP contribution in [0.25, 0.3) is 17.0 Å². The summed E-state index contributed by atoms with van der Waals surface area (Å²) in [5, 5.41) is 7.28. The number of hydrogen-bond acceptors (Lipinski definition) is 5. The minimum absolute atomic E-state index is 0.274. The smallest absolute Gasteiger partial charge is 0.326 e. The van der Waals surface area contributed by atoms with E-state index in [4.69, 9.17) is 14.2 Å². The molecule has 0 fully saturated rings. The van der Waals surface area contributed by atoms with Crippen molar-refractivity contribution < 1.29 is 18.4 Å². The second-order valence-electron chi connectivity index (χ2n) is 9.23. The van der Waals surface area contributed by atoms with Crippen molar-refractivity contribution in [3.8, 4) is 17.1 Å². The first-order chi connectivity index (χ1) is 18.0. The van der Waals surface area contributed by atoms with Crippen LogP contribution in [0.2, 0.25) is 0 Å². The van der Waals surface area contributed by atoms with Gasteiger partial charge >= 0.3 is 6.03 Å². The summed E-state index contributed by atoms with van der Waals surface area (Å²) >= 11 is 0. The van der Waals surface area contributed by atoms with Crippen LogP contribution >= 0.6 is 0 Å². The van der Waals surface area contributed by atoms with Crippen LogP contribution < -0.4 is 15.0 Å². The van der Waals surface area contributed by atoms with Gasteiger partial charge in [0.25, 0.3) is 5.89 Å². The minimum atomic E-state index is -0.600. The maximum atomic E-state index is 13.7. The number of carbonyl (C=O) groups excluding carboxylic acids is 1. The van der Waals surface area contributed by atoms with Crippen LogP contribution in [0.15, 0.2) is 77.0 Å². The van der Waals surface area contributed by atoms with Crippen molar-refractivity contribution >= 4 is 17.3 Å². The van der Waals surface area contributed by atoms with Gasteiger partial charge in [-0.05, 0) is 79.3 Å². The van der Waals surface area contributed by atoms with Crippen molar-refractivity contribution in [1.82, 2.24) is 15.5 Å². The lowest BCUT2D eigenvalue weighted by atomic mass is 9.94. The second-order valence-corrected chi connectivity index (χ2v) is 9.23. The first-order valence-corrected chi connectivity index (χ1v) is 12.2. The highest BCUT2D eigenvalue weighted by molar-refractivity contribution is 6.01. The van der Waals surface area contributed by atoms with Gasteiger partial charge in [0.15, 0.2) is 0 Å². The number of urea groups is 1. The molecule has 4 aromatic rings. The van der Waals surface area contributed by atoms with E-state index >= 15 is 0 Å². The number of ether oxygens (including phenoxy) is 1. The van der Waals surface area contributed by atoms with Gasteiger partial charge in [0.1, 0.15) is 11.6 Å². The van der Waals surface area contributed by atoms with Crippen LogP contribution in [0, 0.1) is 5.82 Å². The second kappa shape index (κ2) is 9.20. The van der Waals surface area contributed by atoms with Crippen LogP contribution in [0.1, 0.15) is 42.0 Å². The summed E-state index contributed by atoms with van der Waals surface area (Å²) in [6.45, 7) is 1.87. The van der Waals surface area contributed by atoms with Crippen LogP contribution in [0.5, 0.6) is 5.75 Å². The Morgan fingerprint density at radius 1 is 1.05 bits per heavy atom. The number of allylic oxidation sites excluding steroid dienone is 1. The molecule has 0 saturated carbocycles. The van der Waals surface area contributed by atoms with Crippen LogP contribution in [-0.2, 0) is 12.8 Å². The Morgan fingerprint density at radius 2 is 1.86 bits per heavy atom. The van der Waals surface area contributed by atoms with E-state index < -0.39 is 6.04 Å². The zero-order valence-corrected chi connectivity index (χ0v) is 20.5. The normalized spacial score (nSPS) is 17.1. The van der Waals surface area contributed by atoms with E-state index in [9.17, 15) is 9.18 Å². The number of hydrogen-bond donors (Lipinski definition) is 1. The Labute approximate surface area is 213 Å². The molecule has 1 aromatic heterocycles. The largest absolute Gasteiger partial charge is 0.497 e. The minimum Gasteiger partial charge on any atom is -0.497 e. The van der Waals surface area contributed by atoms with Gasteiger partial charge in [0.05, 0.1) is 24.4 Å². The molecule has 0 saturated heterocycles. The maximum absolute atomic E-state index is 13.7. The number of fused-ring (bicyclic) bond motifs is 1. The number of amides is 2. The van der Waals surface area contributed by atoms with Gasteiger partial charge < -0.3 is 14.6 Å². The molecule has 186 valence electrons. The standard InChI is InChI=1S/C29H25FN4O3/c1-17-25(28-32-27(33-37-28)21-7-4-8-24(16-21)36-2)26(19-9-12-22(30)13-10-19)31-29(35)34(17)23-14-11-18-5-3-6-20(18)15-23/h4,7-16,26H,3,5-6H2,1-2H3,(H,31,35). The molecule has 3 aromatic carbocycles. The molecule has 2 amide bonds.